The molecule has 2 aromatic heterocycles. The maximum Gasteiger partial charge on any atom is 0.200 e. The van der Waals surface area contributed by atoms with E-state index in [-0.39, 0.29) is 17.0 Å². The van der Waals surface area contributed by atoms with Crippen LogP contribution in [-0.2, 0) is 4.74 Å². The van der Waals surface area contributed by atoms with Gasteiger partial charge in [0, 0.05) is 4.91 Å². The molecule has 5 N–H and O–H groups in total. The Labute approximate surface area is 122 Å². The second-order valence-electron chi connectivity index (χ2n) is 4.72. The third kappa shape index (κ3) is 1.87. The van der Waals surface area contributed by atoms with E-state index in [9.17, 15) is 15.3 Å². The molecular formula is C10H12N8O4. The number of ether oxygens (including phenoxy) is 1. The first-order valence-corrected chi connectivity index (χ1v) is 6.18. The maximum absolute atomic E-state index is 10.2. The molecule has 0 aromatic carbocycles. The van der Waals surface area contributed by atoms with Crippen molar-refractivity contribution >= 4 is 17.0 Å². The highest BCUT2D eigenvalue weighted by molar-refractivity contribution is 5.81. The van der Waals surface area contributed by atoms with Crippen LogP contribution in [0.2, 0.25) is 0 Å². The third-order valence-electron chi connectivity index (χ3n) is 3.50. The Kier molecular flexibility index (Phi) is 3.31. The van der Waals surface area contributed by atoms with E-state index in [1.165, 1.54) is 17.2 Å². The Morgan fingerprint density at radius 2 is 2.23 bits per heavy atom. The van der Waals surface area contributed by atoms with Crippen LogP contribution in [0, 0.1) is 0 Å². The lowest BCUT2D eigenvalue weighted by Gasteiger charge is -2.23. The van der Waals surface area contributed by atoms with Crippen molar-refractivity contribution in [2.75, 3.05) is 12.3 Å². The highest BCUT2D eigenvalue weighted by Gasteiger charge is 2.55. The number of rotatable bonds is 3. The highest BCUT2D eigenvalue weighted by Crippen LogP contribution is 2.39. The first kappa shape index (κ1) is 14.4. The number of nitrogens with zero attached hydrogens (tertiary/aromatic N) is 7. The molecule has 0 aliphatic carbocycles. The Morgan fingerprint density at radius 1 is 1.45 bits per heavy atom. The van der Waals surface area contributed by atoms with E-state index in [0.717, 1.165) is 0 Å². The van der Waals surface area contributed by atoms with Crippen LogP contribution >= 0.6 is 0 Å². The van der Waals surface area contributed by atoms with Crippen LogP contribution < -0.4 is 5.73 Å². The van der Waals surface area contributed by atoms with Crippen LogP contribution in [0.15, 0.2) is 17.8 Å². The van der Waals surface area contributed by atoms with Gasteiger partial charge in [0.05, 0.1) is 12.9 Å². The number of aliphatic hydroxyl groups excluding tert-OH is 3. The van der Waals surface area contributed by atoms with Crippen LogP contribution in [0.1, 0.15) is 6.23 Å². The van der Waals surface area contributed by atoms with E-state index in [2.05, 4.69) is 25.0 Å². The summed E-state index contributed by atoms with van der Waals surface area (Å²) >= 11 is 0. The van der Waals surface area contributed by atoms with Crippen molar-refractivity contribution < 1.29 is 20.1 Å². The van der Waals surface area contributed by atoms with Crippen LogP contribution in [-0.4, -0.2) is 59.4 Å². The lowest BCUT2D eigenvalue weighted by Crippen LogP contribution is -2.44. The molecule has 0 amide bonds. The molecular weight excluding hydrogens is 296 g/mol. The zero-order valence-electron chi connectivity index (χ0n) is 11.1. The van der Waals surface area contributed by atoms with Crippen molar-refractivity contribution in [2.45, 2.75) is 24.2 Å². The molecule has 0 spiro atoms. The van der Waals surface area contributed by atoms with Crippen molar-refractivity contribution in [3.63, 3.8) is 0 Å². The van der Waals surface area contributed by atoms with Crippen molar-refractivity contribution in [3.8, 4) is 0 Å². The molecule has 3 rings (SSSR count). The van der Waals surface area contributed by atoms with E-state index >= 15 is 0 Å². The molecule has 12 heteroatoms. The molecule has 1 aliphatic heterocycles. The molecule has 4 atom stereocenters. The number of nitrogen functional groups attached to an aromatic ring is 1. The summed E-state index contributed by atoms with van der Waals surface area (Å²) in [5, 5.41) is 32.8. The minimum absolute atomic E-state index is 0.139. The van der Waals surface area contributed by atoms with Crippen molar-refractivity contribution in [3.05, 3.63) is 23.1 Å². The number of imidazole rings is 1. The van der Waals surface area contributed by atoms with Gasteiger partial charge in [-0.25, -0.2) is 15.0 Å². The monoisotopic (exact) mass is 308 g/mol. The van der Waals surface area contributed by atoms with Crippen LogP contribution in [0.4, 0.5) is 5.82 Å². The zero-order chi connectivity index (χ0) is 15.9. The van der Waals surface area contributed by atoms with E-state index in [1.54, 1.807) is 0 Å². The summed E-state index contributed by atoms with van der Waals surface area (Å²) in [6.45, 7) is -0.810. The summed E-state index contributed by atoms with van der Waals surface area (Å²) in [6, 6.07) is 0. The fraction of sp³-hybridized carbons (Fsp3) is 0.500. The van der Waals surface area contributed by atoms with Crippen LogP contribution in [0.25, 0.3) is 21.6 Å². The van der Waals surface area contributed by atoms with Gasteiger partial charge in [0.15, 0.2) is 17.7 Å². The summed E-state index contributed by atoms with van der Waals surface area (Å²) in [6.07, 6.45) is -1.78. The maximum atomic E-state index is 10.2. The third-order valence-corrected chi connectivity index (χ3v) is 3.50. The van der Waals surface area contributed by atoms with Gasteiger partial charge in [0.2, 0.25) is 5.72 Å². The summed E-state index contributed by atoms with van der Waals surface area (Å²) < 4.78 is 6.72. The standard InChI is InChI=1S/C10H12N8O4/c11-7-4-8(14-2-13-7)18(3-15-4)9-5(20)6(21)10(1-19,22-9)16-17-12/h2-3,5-6,9,19-21H,1H2,(H2,11,13,14)/t5-,6+,9-,10-/m1/s1. The first-order valence-electron chi connectivity index (χ1n) is 6.18. The Bertz CT molecular complexity index is 758. The fourth-order valence-electron chi connectivity index (χ4n) is 2.37. The minimum atomic E-state index is -1.99. The quantitative estimate of drug-likeness (QED) is 0.304. The summed E-state index contributed by atoms with van der Waals surface area (Å²) in [5.74, 6) is 0.139. The van der Waals surface area contributed by atoms with Crippen LogP contribution in [0.3, 0.4) is 0 Å². The summed E-state index contributed by atoms with van der Waals surface area (Å²) in [7, 11) is 0. The molecule has 1 aliphatic rings. The largest absolute Gasteiger partial charge is 0.393 e. The van der Waals surface area contributed by atoms with Gasteiger partial charge in [-0.3, -0.25) is 4.57 Å². The van der Waals surface area contributed by atoms with E-state index in [1.807, 2.05) is 0 Å². The van der Waals surface area contributed by atoms with Gasteiger partial charge >= 0.3 is 0 Å². The van der Waals surface area contributed by atoms with Gasteiger partial charge in [-0.05, 0) is 5.53 Å². The number of hydrogen-bond acceptors (Lipinski definition) is 9. The molecule has 3 heterocycles. The van der Waals surface area contributed by atoms with Gasteiger partial charge in [0.1, 0.15) is 24.1 Å². The topological polar surface area (TPSA) is 188 Å². The van der Waals surface area contributed by atoms with Gasteiger partial charge in [-0.2, -0.15) is 0 Å². The van der Waals surface area contributed by atoms with Crippen molar-refractivity contribution in [1.82, 2.24) is 19.5 Å². The lowest BCUT2D eigenvalue weighted by molar-refractivity contribution is -0.123. The number of anilines is 1. The van der Waals surface area contributed by atoms with Gasteiger partial charge in [-0.15, -0.1) is 0 Å². The molecule has 22 heavy (non-hydrogen) atoms. The molecule has 0 unspecified atom stereocenters. The Hall–Kier alpha value is -2.50. The first-order chi connectivity index (χ1) is 10.5. The summed E-state index contributed by atoms with van der Waals surface area (Å²) in [4.78, 5) is 14.3. The number of azide groups is 1. The van der Waals surface area contributed by atoms with E-state index < -0.39 is 30.8 Å². The molecule has 12 nitrogen and oxygen atoms in total. The normalized spacial score (nSPS) is 31.3. The van der Waals surface area contributed by atoms with Gasteiger partial charge in [0.25, 0.3) is 0 Å². The summed E-state index contributed by atoms with van der Waals surface area (Å²) in [5.41, 5.74) is 12.8. The van der Waals surface area contributed by atoms with Gasteiger partial charge < -0.3 is 25.8 Å². The average Bonchev–Trinajstić information content (AvgIpc) is 3.04. The zero-order valence-corrected chi connectivity index (χ0v) is 11.1. The van der Waals surface area contributed by atoms with Crippen molar-refractivity contribution in [2.24, 2.45) is 5.11 Å². The van der Waals surface area contributed by atoms with Crippen LogP contribution in [0.5, 0.6) is 0 Å². The molecule has 0 bridgehead atoms. The minimum Gasteiger partial charge on any atom is -0.393 e. The highest BCUT2D eigenvalue weighted by atomic mass is 16.6. The molecule has 2 aromatic rings. The smallest absolute Gasteiger partial charge is 0.200 e. The molecule has 0 radical (unpaired) electrons. The molecule has 1 saturated heterocycles. The Balaban J connectivity index is 2.08. The van der Waals surface area contributed by atoms with E-state index in [0.29, 0.717) is 0 Å². The average molecular weight is 308 g/mol. The molecule has 0 saturated carbocycles. The number of hydrogen-bond donors (Lipinski definition) is 4. The Morgan fingerprint density at radius 3 is 2.91 bits per heavy atom. The fourth-order valence-corrected chi connectivity index (χ4v) is 2.37. The number of nitrogens with two attached hydrogens (primary N) is 1. The number of fused-ring (bicyclic) bond motifs is 1. The number of aromatic nitrogens is 4. The van der Waals surface area contributed by atoms with E-state index in [4.69, 9.17) is 16.0 Å². The SMILES string of the molecule is [N-]=[N+]=N[C@]1(CO)O[C@@H](n2cnc3c(N)ncnc32)[C@H](O)[C@@H]1O. The predicted octanol–water partition coefficient (Wildman–Crippen LogP) is -1.34. The molecule has 1 fully saturated rings. The van der Waals surface area contributed by atoms with Crippen molar-refractivity contribution in [1.29, 1.82) is 0 Å². The second-order valence-corrected chi connectivity index (χ2v) is 4.72. The molecule has 116 valence electrons. The van der Waals surface area contributed by atoms with Gasteiger partial charge in [-0.1, -0.05) is 5.11 Å². The second kappa shape index (κ2) is 5.05. The predicted molar refractivity (Wildman–Crippen MR) is 70.8 cm³/mol. The lowest BCUT2D eigenvalue weighted by atomic mass is 10.1. The number of aliphatic hydroxyl groups is 3.